The van der Waals surface area contributed by atoms with Crippen LogP contribution in [0.2, 0.25) is 0 Å². The Balaban J connectivity index is 1.04. The molecule has 39 heavy (non-hydrogen) atoms. The molecular formula is C29H32N6O4. The van der Waals surface area contributed by atoms with Crippen molar-refractivity contribution in [2.75, 3.05) is 38.3 Å². The number of hydrogen-bond acceptors (Lipinski definition) is 8. The summed E-state index contributed by atoms with van der Waals surface area (Å²) < 4.78 is 6.18. The molecule has 2 N–H and O–H groups in total. The second kappa shape index (κ2) is 9.10. The first-order valence-corrected chi connectivity index (χ1v) is 13.6. The molecule has 2 aromatic rings. The summed E-state index contributed by atoms with van der Waals surface area (Å²) in [6, 6.07) is 13.7. The number of likely N-dealkylation sites (N-methyl/N-ethyl adjacent to an activating group) is 1. The van der Waals surface area contributed by atoms with Crippen molar-refractivity contribution in [1.29, 1.82) is 0 Å². The van der Waals surface area contributed by atoms with Crippen LogP contribution in [-0.2, 0) is 21.5 Å². The Labute approximate surface area is 227 Å². The fourth-order valence-corrected chi connectivity index (χ4v) is 6.56. The first kappa shape index (κ1) is 24.2. The minimum Gasteiger partial charge on any atom is -0.492 e. The van der Waals surface area contributed by atoms with Crippen LogP contribution in [0.25, 0.3) is 0 Å². The van der Waals surface area contributed by atoms with Crippen molar-refractivity contribution in [3.63, 3.8) is 0 Å². The molecule has 202 valence electrons. The number of benzene rings is 2. The molecule has 0 radical (unpaired) electrons. The number of rotatable bonds is 4. The third-order valence-corrected chi connectivity index (χ3v) is 8.90. The number of hydrazine groups is 2. The molecular weight excluding hydrogens is 496 g/mol. The highest BCUT2D eigenvalue weighted by Gasteiger charge is 2.46. The first-order valence-electron chi connectivity index (χ1n) is 13.6. The van der Waals surface area contributed by atoms with Crippen LogP contribution in [0.15, 0.2) is 54.4 Å². The normalized spacial score (nSPS) is 24.1. The Morgan fingerprint density at radius 2 is 1.87 bits per heavy atom. The minimum atomic E-state index is -0.606. The zero-order valence-corrected chi connectivity index (χ0v) is 22.0. The molecule has 10 heteroatoms. The average Bonchev–Trinajstić information content (AvgIpc) is 3.59. The summed E-state index contributed by atoms with van der Waals surface area (Å²) in [5, 5.41) is 6.49. The summed E-state index contributed by atoms with van der Waals surface area (Å²) in [5.74, 6) is -0.0257. The molecule has 0 saturated carbocycles. The van der Waals surface area contributed by atoms with Gasteiger partial charge in [0.1, 0.15) is 11.8 Å². The Bertz CT molecular complexity index is 1380. The average molecular weight is 529 g/mol. The molecule has 5 aliphatic heterocycles. The van der Waals surface area contributed by atoms with Gasteiger partial charge in [-0.1, -0.05) is 18.2 Å². The minimum absolute atomic E-state index is 0.0593. The van der Waals surface area contributed by atoms with Crippen LogP contribution >= 0.6 is 0 Å². The second-order valence-electron chi connectivity index (χ2n) is 11.2. The molecule has 1 spiro atoms. The molecule has 7 rings (SSSR count). The van der Waals surface area contributed by atoms with Gasteiger partial charge in [0.25, 0.3) is 5.91 Å². The fourth-order valence-electron chi connectivity index (χ4n) is 6.56. The summed E-state index contributed by atoms with van der Waals surface area (Å²) in [4.78, 5) is 41.3. The van der Waals surface area contributed by atoms with Crippen molar-refractivity contribution in [3.05, 3.63) is 71.1 Å². The number of para-hydroxylation sites is 1. The van der Waals surface area contributed by atoms with Crippen molar-refractivity contribution < 1.29 is 19.1 Å². The number of imide groups is 1. The number of nitrogens with one attached hydrogen (secondary N) is 2. The van der Waals surface area contributed by atoms with E-state index in [1.54, 1.807) is 4.90 Å². The van der Waals surface area contributed by atoms with E-state index in [4.69, 9.17) is 4.74 Å². The predicted molar refractivity (Wildman–Crippen MR) is 143 cm³/mol. The number of ether oxygens (including phenoxy) is 1. The van der Waals surface area contributed by atoms with Crippen LogP contribution in [0, 0.1) is 0 Å². The summed E-state index contributed by atoms with van der Waals surface area (Å²) in [6.07, 6.45) is 4.74. The Kier molecular flexibility index (Phi) is 5.64. The molecule has 3 amide bonds. The summed E-state index contributed by atoms with van der Waals surface area (Å²) in [6.45, 7) is 3.79. The molecule has 1 unspecified atom stereocenters. The van der Waals surface area contributed by atoms with Crippen molar-refractivity contribution in [3.8, 4) is 5.75 Å². The van der Waals surface area contributed by atoms with Gasteiger partial charge in [-0.2, -0.15) is 0 Å². The predicted octanol–water partition coefficient (Wildman–Crippen LogP) is 1.89. The summed E-state index contributed by atoms with van der Waals surface area (Å²) in [5.41, 5.74) is 8.38. The van der Waals surface area contributed by atoms with E-state index >= 15 is 0 Å². The maximum Gasteiger partial charge on any atom is 0.255 e. The van der Waals surface area contributed by atoms with Crippen molar-refractivity contribution in [2.45, 2.75) is 43.7 Å². The zero-order chi connectivity index (χ0) is 26.7. The molecule has 0 aromatic heterocycles. The SMILES string of the molecule is CN1NN(c2ccccc2)C=C1CN1CCC2(CC1)COc1cc3c(cc12)CN(C1CCC(=O)NC1=O)C3=O. The van der Waals surface area contributed by atoms with Gasteiger partial charge in [-0.3, -0.25) is 34.6 Å². The standard InChI is InChI=1S/C29H32N6O4/c1-32-21(17-35(31-32)20-5-3-2-4-6-20)16-33-11-9-29(10-12-33)18-39-25-14-22-19(13-23(25)29)15-34(28(22)38)24-7-8-26(36)30-27(24)37/h2-6,13-14,17,24,31H,7-12,15-16,18H2,1H3,(H,30,36,37). The number of nitrogens with zero attached hydrogens (tertiary/aromatic N) is 4. The number of anilines is 1. The number of likely N-dealkylation sites (tertiary alicyclic amines) is 1. The lowest BCUT2D eigenvalue weighted by Gasteiger charge is -2.39. The fraction of sp³-hybridized carbons (Fsp3) is 0.414. The second-order valence-corrected chi connectivity index (χ2v) is 11.2. The molecule has 5 heterocycles. The highest BCUT2D eigenvalue weighted by Crippen LogP contribution is 2.48. The Hall–Kier alpha value is -3.89. The highest BCUT2D eigenvalue weighted by atomic mass is 16.5. The molecule has 2 saturated heterocycles. The van der Waals surface area contributed by atoms with Gasteiger partial charge in [-0.25, -0.2) is 0 Å². The Morgan fingerprint density at radius 3 is 2.64 bits per heavy atom. The van der Waals surface area contributed by atoms with E-state index in [0.717, 1.165) is 49.5 Å². The lowest BCUT2D eigenvalue weighted by molar-refractivity contribution is -0.136. The largest absolute Gasteiger partial charge is 0.492 e. The molecule has 5 aliphatic rings. The quantitative estimate of drug-likeness (QED) is 0.581. The zero-order valence-electron chi connectivity index (χ0n) is 22.0. The molecule has 0 aliphatic carbocycles. The van der Waals surface area contributed by atoms with E-state index in [1.807, 2.05) is 36.3 Å². The van der Waals surface area contributed by atoms with Crippen LogP contribution in [0.3, 0.4) is 0 Å². The molecule has 10 nitrogen and oxygen atoms in total. The van der Waals surface area contributed by atoms with Crippen molar-refractivity contribution in [2.24, 2.45) is 0 Å². The number of piperidine rings is 2. The number of amides is 3. The van der Waals surface area contributed by atoms with Gasteiger partial charge in [0, 0.05) is 49.3 Å². The lowest BCUT2D eigenvalue weighted by Crippen LogP contribution is -2.52. The van der Waals surface area contributed by atoms with Gasteiger partial charge in [0.05, 0.1) is 18.0 Å². The van der Waals surface area contributed by atoms with Gasteiger partial charge in [-0.15, -0.1) is 5.53 Å². The van der Waals surface area contributed by atoms with Gasteiger partial charge < -0.3 is 9.64 Å². The van der Waals surface area contributed by atoms with E-state index in [-0.39, 0.29) is 29.6 Å². The van der Waals surface area contributed by atoms with Crippen LogP contribution < -0.4 is 20.6 Å². The molecule has 2 fully saturated rings. The summed E-state index contributed by atoms with van der Waals surface area (Å²) in [7, 11) is 2.04. The van der Waals surface area contributed by atoms with Crippen LogP contribution in [0.5, 0.6) is 5.75 Å². The van der Waals surface area contributed by atoms with Crippen LogP contribution in [-0.4, -0.2) is 71.9 Å². The number of fused-ring (bicyclic) bond motifs is 3. The monoisotopic (exact) mass is 528 g/mol. The maximum atomic E-state index is 13.2. The van der Waals surface area contributed by atoms with Crippen molar-refractivity contribution in [1.82, 2.24) is 25.7 Å². The Morgan fingerprint density at radius 1 is 1.08 bits per heavy atom. The summed E-state index contributed by atoms with van der Waals surface area (Å²) >= 11 is 0. The molecule has 0 bridgehead atoms. The van der Waals surface area contributed by atoms with Crippen LogP contribution in [0.4, 0.5) is 5.69 Å². The number of carbonyl (C=O) groups excluding carboxylic acids is 3. The third kappa shape index (κ3) is 4.06. The maximum absolute atomic E-state index is 13.2. The van der Waals surface area contributed by atoms with Crippen LogP contribution in [0.1, 0.15) is 47.2 Å². The number of carbonyl (C=O) groups is 3. The molecule has 2 aromatic carbocycles. The van der Waals surface area contributed by atoms with Gasteiger partial charge >= 0.3 is 0 Å². The molecule has 1 atom stereocenters. The van der Waals surface area contributed by atoms with E-state index in [9.17, 15) is 14.4 Å². The van der Waals surface area contributed by atoms with Gasteiger partial charge in [0.15, 0.2) is 0 Å². The highest BCUT2D eigenvalue weighted by molar-refractivity contribution is 6.05. The van der Waals surface area contributed by atoms with Gasteiger partial charge in [0.2, 0.25) is 11.8 Å². The van der Waals surface area contributed by atoms with Crippen molar-refractivity contribution >= 4 is 23.4 Å². The van der Waals surface area contributed by atoms with E-state index < -0.39 is 6.04 Å². The first-order chi connectivity index (χ1) is 18.9. The van der Waals surface area contributed by atoms with E-state index in [1.165, 1.54) is 11.3 Å². The van der Waals surface area contributed by atoms with E-state index in [0.29, 0.717) is 25.1 Å². The van der Waals surface area contributed by atoms with E-state index in [2.05, 4.69) is 45.2 Å². The van der Waals surface area contributed by atoms with Gasteiger partial charge in [-0.05, 0) is 62.2 Å². The third-order valence-electron chi connectivity index (χ3n) is 8.90. The number of hydrogen-bond donors (Lipinski definition) is 2. The smallest absolute Gasteiger partial charge is 0.255 e. The lowest BCUT2D eigenvalue weighted by atomic mass is 9.74. The topological polar surface area (TPSA) is 97.5 Å².